The quantitative estimate of drug-likeness (QED) is 0.346. The van der Waals surface area contributed by atoms with Crippen LogP contribution in [0.2, 0.25) is 0 Å². The first-order chi connectivity index (χ1) is 14.1. The molecule has 4 aromatic rings. The molecular formula is C22H26N8Pt. The van der Waals surface area contributed by atoms with Crippen molar-refractivity contribution in [3.8, 4) is 23.0 Å². The summed E-state index contributed by atoms with van der Waals surface area (Å²) in [6, 6.07) is 7.44. The first-order valence-electron chi connectivity index (χ1n) is 9.71. The van der Waals surface area contributed by atoms with E-state index >= 15 is 0 Å². The normalized spacial score (nSPS) is 11.3. The molecule has 4 aromatic heterocycles. The van der Waals surface area contributed by atoms with Gasteiger partial charge in [0.25, 0.3) is 0 Å². The van der Waals surface area contributed by atoms with Crippen LogP contribution in [0.1, 0.15) is 52.9 Å². The predicted octanol–water partition coefficient (Wildman–Crippen LogP) is 3.58. The van der Waals surface area contributed by atoms with Crippen LogP contribution < -0.4 is 10.2 Å². The second-order valence-electron chi connectivity index (χ2n) is 8.87. The standard InChI is InChI=1S/2C11H13N4.Pt/c2*1-11(2,3)9-7-8(14-15-9)10-12-5-4-6-13-10;/h2*4-7H,1-3H3;/q2*-1;+2. The van der Waals surface area contributed by atoms with Crippen LogP contribution in [0.25, 0.3) is 23.0 Å². The molecule has 0 aliphatic carbocycles. The van der Waals surface area contributed by atoms with Crippen LogP contribution in [0.3, 0.4) is 0 Å². The minimum absolute atomic E-state index is 0. The third-order valence-electron chi connectivity index (χ3n) is 4.20. The maximum absolute atomic E-state index is 4.13. The Morgan fingerprint density at radius 3 is 1.16 bits per heavy atom. The molecular weight excluding hydrogens is 571 g/mol. The van der Waals surface area contributed by atoms with Gasteiger partial charge in [0.2, 0.25) is 0 Å². The summed E-state index contributed by atoms with van der Waals surface area (Å²) in [6.45, 7) is 12.6. The van der Waals surface area contributed by atoms with Crippen LogP contribution >= 0.6 is 0 Å². The average Bonchev–Trinajstić information content (AvgIpc) is 3.40. The van der Waals surface area contributed by atoms with Gasteiger partial charge in [0, 0.05) is 47.0 Å². The molecule has 0 atom stereocenters. The van der Waals surface area contributed by atoms with E-state index < -0.39 is 0 Å². The molecule has 0 N–H and O–H groups in total. The molecule has 0 amide bonds. The number of hydrogen-bond acceptors (Lipinski definition) is 6. The van der Waals surface area contributed by atoms with Crippen LogP contribution in [0.15, 0.2) is 49.1 Å². The zero-order chi connectivity index (χ0) is 21.8. The van der Waals surface area contributed by atoms with E-state index in [-0.39, 0.29) is 31.9 Å². The van der Waals surface area contributed by atoms with Gasteiger partial charge in [-0.2, -0.15) is 0 Å². The third kappa shape index (κ3) is 6.62. The monoisotopic (exact) mass is 597 g/mol. The van der Waals surface area contributed by atoms with Gasteiger partial charge in [-0.1, -0.05) is 65.1 Å². The molecule has 164 valence electrons. The van der Waals surface area contributed by atoms with Gasteiger partial charge >= 0.3 is 21.1 Å². The molecule has 0 aliphatic rings. The number of hydrogen-bond donors (Lipinski definition) is 0. The maximum atomic E-state index is 4.13. The van der Waals surface area contributed by atoms with E-state index in [4.69, 9.17) is 0 Å². The minimum Gasteiger partial charge on any atom is -0.572 e. The van der Waals surface area contributed by atoms with E-state index in [0.717, 1.165) is 22.8 Å². The fourth-order valence-electron chi connectivity index (χ4n) is 2.40. The van der Waals surface area contributed by atoms with Crippen molar-refractivity contribution in [3.05, 3.63) is 60.4 Å². The number of nitrogens with zero attached hydrogens (tertiary/aromatic N) is 8. The van der Waals surface area contributed by atoms with E-state index in [0.29, 0.717) is 11.6 Å². The smallest absolute Gasteiger partial charge is 0.572 e. The van der Waals surface area contributed by atoms with Crippen molar-refractivity contribution in [1.82, 2.24) is 40.3 Å². The Hall–Kier alpha value is -2.73. The van der Waals surface area contributed by atoms with E-state index in [2.05, 4.69) is 81.9 Å². The maximum Gasteiger partial charge on any atom is 2.00 e. The van der Waals surface area contributed by atoms with Crippen LogP contribution in [-0.4, -0.2) is 30.1 Å². The van der Waals surface area contributed by atoms with Gasteiger partial charge < -0.3 is 20.4 Å². The van der Waals surface area contributed by atoms with Crippen LogP contribution in [0.4, 0.5) is 0 Å². The van der Waals surface area contributed by atoms with E-state index in [1.165, 1.54) is 0 Å². The fraction of sp³-hybridized carbons (Fsp3) is 0.364. The predicted molar refractivity (Wildman–Crippen MR) is 115 cm³/mol. The van der Waals surface area contributed by atoms with Crippen LogP contribution in [-0.2, 0) is 31.9 Å². The molecule has 0 aromatic carbocycles. The molecule has 9 heteroatoms. The average molecular weight is 598 g/mol. The Balaban J connectivity index is 0.000000213. The topological polar surface area (TPSA) is 106 Å². The molecule has 4 heterocycles. The van der Waals surface area contributed by atoms with Crippen LogP contribution in [0, 0.1) is 0 Å². The Kier molecular flexibility index (Phi) is 7.96. The van der Waals surface area contributed by atoms with Gasteiger partial charge in [0.1, 0.15) is 11.6 Å². The van der Waals surface area contributed by atoms with Gasteiger partial charge in [-0.15, -0.1) is 0 Å². The molecule has 0 saturated heterocycles. The molecule has 0 saturated carbocycles. The van der Waals surface area contributed by atoms with Crippen molar-refractivity contribution in [3.63, 3.8) is 0 Å². The second-order valence-corrected chi connectivity index (χ2v) is 8.87. The summed E-state index contributed by atoms with van der Waals surface area (Å²) in [4.78, 5) is 16.5. The summed E-state index contributed by atoms with van der Waals surface area (Å²) in [5, 5.41) is 16.4. The largest absolute Gasteiger partial charge is 2.00 e. The summed E-state index contributed by atoms with van der Waals surface area (Å²) in [5.74, 6) is 1.25. The van der Waals surface area contributed by atoms with E-state index in [1.54, 1.807) is 36.9 Å². The van der Waals surface area contributed by atoms with Gasteiger partial charge in [-0.25, -0.2) is 19.9 Å². The second kappa shape index (κ2) is 10.1. The number of aromatic nitrogens is 8. The minimum atomic E-state index is 0. The molecule has 0 aliphatic heterocycles. The van der Waals surface area contributed by atoms with Crippen molar-refractivity contribution in [2.45, 2.75) is 52.4 Å². The Labute approximate surface area is 197 Å². The van der Waals surface area contributed by atoms with Gasteiger partial charge in [-0.05, 0) is 12.1 Å². The molecule has 31 heavy (non-hydrogen) atoms. The van der Waals surface area contributed by atoms with Crippen LogP contribution in [0.5, 0.6) is 0 Å². The molecule has 0 unspecified atom stereocenters. The van der Waals surface area contributed by atoms with Gasteiger partial charge in [0.05, 0.1) is 0 Å². The van der Waals surface area contributed by atoms with Gasteiger partial charge in [-0.3, -0.25) is 0 Å². The summed E-state index contributed by atoms with van der Waals surface area (Å²) in [7, 11) is 0. The van der Waals surface area contributed by atoms with Crippen molar-refractivity contribution in [1.29, 1.82) is 0 Å². The zero-order valence-electron chi connectivity index (χ0n) is 18.5. The van der Waals surface area contributed by atoms with Crippen molar-refractivity contribution < 1.29 is 21.1 Å². The summed E-state index contributed by atoms with van der Waals surface area (Å²) in [6.07, 6.45) is 6.81. The molecule has 8 nitrogen and oxygen atoms in total. The Morgan fingerprint density at radius 2 is 0.903 bits per heavy atom. The first kappa shape index (κ1) is 24.5. The Morgan fingerprint density at radius 1 is 0.581 bits per heavy atom. The first-order valence-corrected chi connectivity index (χ1v) is 9.71. The number of rotatable bonds is 2. The van der Waals surface area contributed by atoms with E-state index in [9.17, 15) is 0 Å². The van der Waals surface area contributed by atoms with Gasteiger partial charge in [0.15, 0.2) is 0 Å². The third-order valence-corrected chi connectivity index (χ3v) is 4.20. The molecule has 0 radical (unpaired) electrons. The Bertz CT molecular complexity index is 972. The van der Waals surface area contributed by atoms with Crippen molar-refractivity contribution >= 4 is 0 Å². The fourth-order valence-corrected chi connectivity index (χ4v) is 2.40. The molecule has 0 fully saturated rings. The molecule has 0 bridgehead atoms. The summed E-state index contributed by atoms with van der Waals surface area (Å²) >= 11 is 0. The summed E-state index contributed by atoms with van der Waals surface area (Å²) < 4.78 is 0. The van der Waals surface area contributed by atoms with Crippen molar-refractivity contribution in [2.24, 2.45) is 0 Å². The summed E-state index contributed by atoms with van der Waals surface area (Å²) in [5.41, 5.74) is 3.43. The molecule has 0 spiro atoms. The SMILES string of the molecule is CC(C)(C)c1cc(-c2ncccn2)[n-]n1.CC(C)(C)c1cc(-c2ncccn2)[n-]n1.[Pt+2]. The van der Waals surface area contributed by atoms with Crippen molar-refractivity contribution in [2.75, 3.05) is 0 Å². The zero-order valence-corrected chi connectivity index (χ0v) is 20.8. The van der Waals surface area contributed by atoms with E-state index in [1.807, 2.05) is 12.1 Å². The molecule has 4 rings (SSSR count).